The lowest BCUT2D eigenvalue weighted by atomic mass is 10.1. The Morgan fingerprint density at radius 1 is 0.714 bits per heavy atom. The van der Waals surface area contributed by atoms with Gasteiger partial charge in [-0.2, -0.15) is 0 Å². The van der Waals surface area contributed by atoms with Gasteiger partial charge in [-0.1, -0.05) is 0 Å². The molecular formula is C20H12O7S. The number of sulfone groups is 1. The Morgan fingerprint density at radius 2 is 1.14 bits per heavy atom. The summed E-state index contributed by atoms with van der Waals surface area (Å²) in [6.45, 7) is 1.46. The molecule has 0 bridgehead atoms. The SMILES string of the molecule is CC1C(=O)c2ccc(S(=O)(=O)c3ccc4c(c3)C(=O)C(C=O)C4=O)cc2C1=O. The molecule has 0 saturated carbocycles. The molecule has 0 amide bonds. The summed E-state index contributed by atoms with van der Waals surface area (Å²) in [5, 5.41) is 0. The molecular weight excluding hydrogens is 384 g/mol. The predicted molar refractivity (Wildman–Crippen MR) is 94.4 cm³/mol. The zero-order chi connectivity index (χ0) is 20.4. The van der Waals surface area contributed by atoms with Crippen LogP contribution in [0.3, 0.4) is 0 Å². The van der Waals surface area contributed by atoms with E-state index in [1.165, 1.54) is 31.2 Å². The Balaban J connectivity index is 1.82. The van der Waals surface area contributed by atoms with E-state index in [0.717, 1.165) is 12.1 Å². The van der Waals surface area contributed by atoms with E-state index in [9.17, 15) is 32.4 Å². The number of hydrogen-bond acceptors (Lipinski definition) is 7. The minimum absolute atomic E-state index is 0.00426. The second kappa shape index (κ2) is 5.87. The molecule has 2 aromatic carbocycles. The van der Waals surface area contributed by atoms with Crippen LogP contribution in [0.25, 0.3) is 0 Å². The zero-order valence-corrected chi connectivity index (χ0v) is 15.3. The summed E-state index contributed by atoms with van der Waals surface area (Å²) in [7, 11) is -4.12. The summed E-state index contributed by atoms with van der Waals surface area (Å²) in [6.07, 6.45) is 0.239. The van der Waals surface area contributed by atoms with Crippen molar-refractivity contribution in [3.63, 3.8) is 0 Å². The number of rotatable bonds is 3. The zero-order valence-electron chi connectivity index (χ0n) is 14.5. The molecule has 0 heterocycles. The van der Waals surface area contributed by atoms with E-state index >= 15 is 0 Å². The van der Waals surface area contributed by atoms with Crippen LogP contribution in [0.15, 0.2) is 46.2 Å². The van der Waals surface area contributed by atoms with E-state index in [4.69, 9.17) is 0 Å². The molecule has 4 rings (SSSR count). The largest absolute Gasteiger partial charge is 0.302 e. The standard InChI is InChI=1S/C20H12O7S/c1-9-17(22)12-4-2-10(6-14(12)18(9)23)28(26,27)11-3-5-13-15(7-11)20(25)16(8-21)19(13)24/h2-9,16H,1H3. The Morgan fingerprint density at radius 3 is 1.68 bits per heavy atom. The summed E-state index contributed by atoms with van der Waals surface area (Å²) in [4.78, 5) is 59.0. The summed E-state index contributed by atoms with van der Waals surface area (Å²) in [5.41, 5.74) is 0.112. The molecule has 0 spiro atoms. The lowest BCUT2D eigenvalue weighted by Crippen LogP contribution is -2.15. The second-order valence-electron chi connectivity index (χ2n) is 6.71. The molecule has 0 aliphatic heterocycles. The monoisotopic (exact) mass is 396 g/mol. The van der Waals surface area contributed by atoms with Crippen LogP contribution in [0.1, 0.15) is 48.4 Å². The number of aldehydes is 1. The molecule has 2 aromatic rings. The molecule has 2 unspecified atom stereocenters. The quantitative estimate of drug-likeness (QED) is 0.572. The first-order valence-electron chi connectivity index (χ1n) is 8.34. The summed E-state index contributed by atoms with van der Waals surface area (Å²) >= 11 is 0. The first kappa shape index (κ1) is 18.1. The topological polar surface area (TPSA) is 119 Å². The van der Waals surface area contributed by atoms with Gasteiger partial charge in [0.2, 0.25) is 9.84 Å². The smallest absolute Gasteiger partial charge is 0.206 e. The number of carbonyl (C=O) groups is 5. The van der Waals surface area contributed by atoms with Crippen LogP contribution >= 0.6 is 0 Å². The summed E-state index contributed by atoms with van der Waals surface area (Å²) in [6, 6.07) is 7.13. The van der Waals surface area contributed by atoms with E-state index in [0.29, 0.717) is 0 Å². The van der Waals surface area contributed by atoms with Gasteiger partial charge in [0.1, 0.15) is 12.2 Å². The third-order valence-electron chi connectivity index (χ3n) is 5.15. The maximum Gasteiger partial charge on any atom is 0.206 e. The third-order valence-corrected chi connectivity index (χ3v) is 6.90. The maximum atomic E-state index is 13.0. The maximum absolute atomic E-state index is 13.0. The average molecular weight is 396 g/mol. The molecule has 0 radical (unpaired) electrons. The molecule has 0 aromatic heterocycles. The van der Waals surface area contributed by atoms with E-state index in [-0.39, 0.29) is 44.1 Å². The molecule has 2 aliphatic rings. The number of benzene rings is 2. The minimum atomic E-state index is -4.12. The average Bonchev–Trinajstić information content (AvgIpc) is 3.06. The van der Waals surface area contributed by atoms with Gasteiger partial charge in [-0.25, -0.2) is 8.42 Å². The van der Waals surface area contributed by atoms with Crippen molar-refractivity contribution in [2.24, 2.45) is 11.8 Å². The van der Waals surface area contributed by atoms with Crippen LogP contribution < -0.4 is 0 Å². The van der Waals surface area contributed by atoms with Crippen LogP contribution in [0.2, 0.25) is 0 Å². The van der Waals surface area contributed by atoms with Gasteiger partial charge in [0.05, 0.1) is 15.7 Å². The molecule has 0 fully saturated rings. The normalized spacial score (nSPS) is 21.0. The van der Waals surface area contributed by atoms with Gasteiger partial charge in [0.15, 0.2) is 23.1 Å². The number of ketones is 4. The van der Waals surface area contributed by atoms with Crippen LogP contribution in [0.5, 0.6) is 0 Å². The van der Waals surface area contributed by atoms with Crippen molar-refractivity contribution in [2.45, 2.75) is 16.7 Å². The second-order valence-corrected chi connectivity index (χ2v) is 8.66. The van der Waals surface area contributed by atoms with Crippen LogP contribution in [0.4, 0.5) is 0 Å². The van der Waals surface area contributed by atoms with Gasteiger partial charge in [-0.3, -0.25) is 19.2 Å². The van der Waals surface area contributed by atoms with Crippen LogP contribution in [-0.4, -0.2) is 37.8 Å². The van der Waals surface area contributed by atoms with Gasteiger partial charge < -0.3 is 4.79 Å². The van der Waals surface area contributed by atoms with E-state index in [1.807, 2.05) is 0 Å². The fraction of sp³-hybridized carbons (Fsp3) is 0.150. The Hall–Kier alpha value is -3.26. The molecule has 140 valence electrons. The highest BCUT2D eigenvalue weighted by molar-refractivity contribution is 7.91. The predicted octanol–water partition coefficient (Wildman–Crippen LogP) is 1.73. The first-order chi connectivity index (χ1) is 13.2. The molecule has 2 atom stereocenters. The van der Waals surface area contributed by atoms with Gasteiger partial charge in [-0.05, 0) is 43.3 Å². The number of fused-ring (bicyclic) bond motifs is 2. The van der Waals surface area contributed by atoms with Gasteiger partial charge >= 0.3 is 0 Å². The van der Waals surface area contributed by atoms with Crippen molar-refractivity contribution in [1.29, 1.82) is 0 Å². The Labute approximate surface area is 159 Å². The molecule has 0 N–H and O–H groups in total. The first-order valence-corrected chi connectivity index (χ1v) is 9.82. The molecule has 0 saturated heterocycles. The fourth-order valence-electron chi connectivity index (χ4n) is 3.52. The van der Waals surface area contributed by atoms with Gasteiger partial charge in [-0.15, -0.1) is 0 Å². The van der Waals surface area contributed by atoms with Crippen molar-refractivity contribution >= 4 is 39.3 Å². The van der Waals surface area contributed by atoms with Crippen LogP contribution in [-0.2, 0) is 14.6 Å². The van der Waals surface area contributed by atoms with Crippen molar-refractivity contribution in [2.75, 3.05) is 0 Å². The highest BCUT2D eigenvalue weighted by Crippen LogP contribution is 2.33. The van der Waals surface area contributed by atoms with E-state index in [1.54, 1.807) is 0 Å². The lowest BCUT2D eigenvalue weighted by Gasteiger charge is -2.07. The minimum Gasteiger partial charge on any atom is -0.302 e. The fourth-order valence-corrected chi connectivity index (χ4v) is 4.83. The summed E-state index contributed by atoms with van der Waals surface area (Å²) in [5.74, 6) is -4.49. The molecule has 7 nitrogen and oxygen atoms in total. The Kier molecular flexibility index (Phi) is 3.80. The molecule has 28 heavy (non-hydrogen) atoms. The van der Waals surface area contributed by atoms with Crippen LogP contribution in [0, 0.1) is 11.8 Å². The number of hydrogen-bond donors (Lipinski definition) is 0. The van der Waals surface area contributed by atoms with Crippen molar-refractivity contribution in [3.8, 4) is 0 Å². The third kappa shape index (κ3) is 2.27. The van der Waals surface area contributed by atoms with Gasteiger partial charge in [0, 0.05) is 22.3 Å². The molecule has 2 aliphatic carbocycles. The number of Topliss-reactive ketones (excluding diaryl/α,β-unsaturated/α-hetero) is 4. The van der Waals surface area contributed by atoms with Crippen molar-refractivity contribution < 1.29 is 32.4 Å². The van der Waals surface area contributed by atoms with E-state index < -0.39 is 39.0 Å². The van der Waals surface area contributed by atoms with Crippen molar-refractivity contribution in [3.05, 3.63) is 58.7 Å². The van der Waals surface area contributed by atoms with E-state index in [2.05, 4.69) is 0 Å². The van der Waals surface area contributed by atoms with Crippen molar-refractivity contribution in [1.82, 2.24) is 0 Å². The highest BCUT2D eigenvalue weighted by atomic mass is 32.2. The van der Waals surface area contributed by atoms with Gasteiger partial charge in [0.25, 0.3) is 0 Å². The number of carbonyl (C=O) groups excluding carboxylic acids is 5. The highest BCUT2D eigenvalue weighted by Gasteiger charge is 2.40. The summed E-state index contributed by atoms with van der Waals surface area (Å²) < 4.78 is 26.0. The lowest BCUT2D eigenvalue weighted by molar-refractivity contribution is -0.108. The Bertz CT molecular complexity index is 1240. The molecule has 8 heteroatoms.